The average Bonchev–Trinajstić information content (AvgIpc) is 2.81. The van der Waals surface area contributed by atoms with Crippen molar-refractivity contribution in [2.24, 2.45) is 0 Å². The van der Waals surface area contributed by atoms with E-state index in [4.69, 9.17) is 5.11 Å². The first kappa shape index (κ1) is 15.8. The summed E-state index contributed by atoms with van der Waals surface area (Å²) in [6.45, 7) is 5.87. The van der Waals surface area contributed by atoms with Gasteiger partial charge < -0.3 is 0 Å². The number of carbonyl (C=O) groups is 1. The summed E-state index contributed by atoms with van der Waals surface area (Å²) in [6.07, 6.45) is 0. The number of thioether (sulfide) groups is 1. The molecular formula is C15H14N2O2SSe. The Kier molecular flexibility index (Phi) is 4.89. The van der Waals surface area contributed by atoms with Crippen molar-refractivity contribution in [1.82, 2.24) is 4.98 Å². The van der Waals surface area contributed by atoms with E-state index in [1.54, 1.807) is 18.7 Å². The summed E-state index contributed by atoms with van der Waals surface area (Å²) >= 11 is 1.33. The van der Waals surface area contributed by atoms with E-state index in [0.29, 0.717) is 20.9 Å². The monoisotopic (exact) mass is 366 g/mol. The number of hydrogen-bond donors (Lipinski definition) is 1. The van der Waals surface area contributed by atoms with Crippen LogP contribution in [-0.4, -0.2) is 35.8 Å². The Bertz CT molecular complexity index is 732. The quantitative estimate of drug-likeness (QED) is 0.665. The summed E-state index contributed by atoms with van der Waals surface area (Å²) in [5.41, 5.74) is 2.03. The number of nitrogens with zero attached hydrogens (tertiary/aromatic N) is 2. The van der Waals surface area contributed by atoms with Gasteiger partial charge in [0, 0.05) is 0 Å². The van der Waals surface area contributed by atoms with Crippen LogP contribution in [-0.2, 0) is 0 Å². The van der Waals surface area contributed by atoms with E-state index in [9.17, 15) is 10.1 Å². The van der Waals surface area contributed by atoms with E-state index < -0.39 is 5.97 Å². The second-order valence-electron chi connectivity index (χ2n) is 4.73. The molecule has 1 N–H and O–H groups in total. The minimum absolute atomic E-state index is 0.310. The fraction of sp³-hybridized carbons (Fsp3) is 0.267. The zero-order valence-electron chi connectivity index (χ0n) is 11.9. The first-order valence-electron chi connectivity index (χ1n) is 6.34. The number of carboxylic acids is 1. The number of nitriles is 1. The van der Waals surface area contributed by atoms with Gasteiger partial charge >= 0.3 is 133 Å². The third-order valence-electron chi connectivity index (χ3n) is 2.70. The van der Waals surface area contributed by atoms with Gasteiger partial charge in [0.15, 0.2) is 0 Å². The van der Waals surface area contributed by atoms with Gasteiger partial charge in [-0.1, -0.05) is 0 Å². The maximum absolute atomic E-state index is 11.1. The van der Waals surface area contributed by atoms with Gasteiger partial charge in [-0.3, -0.25) is 0 Å². The Labute approximate surface area is 133 Å². The molecule has 0 saturated carbocycles. The molecule has 0 aliphatic rings. The number of carboxylic acid groups (broad SMARTS) is 1. The average molecular weight is 365 g/mol. The molecule has 0 bridgehead atoms. The SMILES string of the molecule is Cc1nc(-c2ccc(SC(C)C)c(C#N)c2)[se]c1C(=O)O. The zero-order chi connectivity index (χ0) is 15.6. The van der Waals surface area contributed by atoms with E-state index in [0.717, 1.165) is 15.0 Å². The van der Waals surface area contributed by atoms with Gasteiger partial charge in [-0.2, -0.15) is 0 Å². The van der Waals surface area contributed by atoms with Crippen LogP contribution < -0.4 is 0 Å². The fourth-order valence-corrected chi connectivity index (χ4v) is 4.60. The molecule has 1 aromatic heterocycles. The molecule has 1 heterocycles. The molecule has 0 unspecified atom stereocenters. The van der Waals surface area contributed by atoms with E-state index in [1.165, 1.54) is 0 Å². The molecule has 0 atom stereocenters. The predicted octanol–water partition coefficient (Wildman–Crippen LogP) is 3.18. The van der Waals surface area contributed by atoms with Crippen LogP contribution in [0.3, 0.4) is 0 Å². The molecule has 0 aliphatic carbocycles. The van der Waals surface area contributed by atoms with Gasteiger partial charge in [-0.15, -0.1) is 0 Å². The summed E-state index contributed by atoms with van der Waals surface area (Å²) in [6, 6.07) is 7.86. The second-order valence-corrected chi connectivity index (χ2v) is 8.44. The molecule has 0 saturated heterocycles. The van der Waals surface area contributed by atoms with Crippen LogP contribution in [0.1, 0.15) is 34.3 Å². The van der Waals surface area contributed by atoms with Gasteiger partial charge in [0.2, 0.25) is 0 Å². The van der Waals surface area contributed by atoms with Crippen LogP contribution in [0.2, 0.25) is 0 Å². The Morgan fingerprint density at radius 3 is 2.71 bits per heavy atom. The molecule has 0 amide bonds. The van der Waals surface area contributed by atoms with Crippen molar-refractivity contribution in [3.8, 4) is 16.2 Å². The number of hydrogen-bond acceptors (Lipinski definition) is 4. The molecule has 2 rings (SSSR count). The van der Waals surface area contributed by atoms with Crippen molar-refractivity contribution in [2.75, 3.05) is 0 Å². The molecule has 0 radical (unpaired) electrons. The number of rotatable bonds is 4. The first-order chi connectivity index (χ1) is 9.92. The van der Waals surface area contributed by atoms with Crippen molar-refractivity contribution < 1.29 is 9.90 Å². The van der Waals surface area contributed by atoms with Gasteiger partial charge in [0.05, 0.1) is 0 Å². The third-order valence-corrected chi connectivity index (χ3v) is 6.29. The number of benzene rings is 1. The molecule has 4 nitrogen and oxygen atoms in total. The van der Waals surface area contributed by atoms with Crippen LogP contribution >= 0.6 is 11.8 Å². The summed E-state index contributed by atoms with van der Waals surface area (Å²) < 4.78 is 1.16. The Morgan fingerprint density at radius 1 is 1.48 bits per heavy atom. The standard InChI is InChI=1S/C15H14N2O2SSe/c1-8(2)20-12-5-4-10(6-11(12)7-16)14-17-9(3)13(21-14)15(18)19/h4-6,8H,1-3H3,(H,18,19). The van der Waals surface area contributed by atoms with Crippen molar-refractivity contribution >= 4 is 32.2 Å². The fourth-order valence-electron chi connectivity index (χ4n) is 1.83. The molecular weight excluding hydrogens is 351 g/mol. The minimum atomic E-state index is -0.904. The molecule has 6 heteroatoms. The van der Waals surface area contributed by atoms with Crippen LogP contribution in [0.15, 0.2) is 23.1 Å². The summed E-state index contributed by atoms with van der Waals surface area (Å²) in [4.78, 5) is 16.4. The van der Waals surface area contributed by atoms with Crippen LogP contribution in [0, 0.1) is 18.3 Å². The Morgan fingerprint density at radius 2 is 2.19 bits per heavy atom. The van der Waals surface area contributed by atoms with Crippen molar-refractivity contribution in [3.05, 3.63) is 33.9 Å². The number of aryl methyl sites for hydroxylation is 1. The maximum atomic E-state index is 11.1. The number of aromatic nitrogens is 1. The van der Waals surface area contributed by atoms with Crippen LogP contribution in [0.25, 0.3) is 10.1 Å². The molecule has 108 valence electrons. The molecule has 0 fully saturated rings. The number of aromatic carboxylic acids is 1. The van der Waals surface area contributed by atoms with Gasteiger partial charge in [0.25, 0.3) is 0 Å². The normalized spacial score (nSPS) is 10.6. The van der Waals surface area contributed by atoms with E-state index in [2.05, 4.69) is 24.9 Å². The predicted molar refractivity (Wildman–Crippen MR) is 84.0 cm³/mol. The summed E-state index contributed by atoms with van der Waals surface area (Å²) in [5, 5.41) is 18.8. The Balaban J connectivity index is 2.44. The molecule has 0 aliphatic heterocycles. The molecule has 21 heavy (non-hydrogen) atoms. The molecule has 2 aromatic rings. The summed E-state index contributed by atoms with van der Waals surface area (Å²) in [5.74, 6) is -0.904. The van der Waals surface area contributed by atoms with E-state index in [-0.39, 0.29) is 14.5 Å². The van der Waals surface area contributed by atoms with Crippen molar-refractivity contribution in [1.29, 1.82) is 5.26 Å². The first-order valence-corrected chi connectivity index (χ1v) is 8.93. The second kappa shape index (κ2) is 6.48. The van der Waals surface area contributed by atoms with Gasteiger partial charge in [0.1, 0.15) is 0 Å². The van der Waals surface area contributed by atoms with Crippen molar-refractivity contribution in [2.45, 2.75) is 30.9 Å². The van der Waals surface area contributed by atoms with E-state index >= 15 is 0 Å². The molecule has 0 spiro atoms. The third kappa shape index (κ3) is 3.56. The van der Waals surface area contributed by atoms with Crippen LogP contribution in [0.5, 0.6) is 0 Å². The Hall–Kier alpha value is -1.54. The van der Waals surface area contributed by atoms with E-state index in [1.807, 2.05) is 18.2 Å². The van der Waals surface area contributed by atoms with Gasteiger partial charge in [-0.05, 0) is 0 Å². The van der Waals surface area contributed by atoms with Crippen molar-refractivity contribution in [3.63, 3.8) is 0 Å². The zero-order valence-corrected chi connectivity index (χ0v) is 14.4. The topological polar surface area (TPSA) is 74.0 Å². The van der Waals surface area contributed by atoms with Crippen LogP contribution in [0.4, 0.5) is 0 Å². The van der Waals surface area contributed by atoms with Gasteiger partial charge in [-0.25, -0.2) is 0 Å². The molecule has 1 aromatic carbocycles. The summed E-state index contributed by atoms with van der Waals surface area (Å²) in [7, 11) is 0.